The van der Waals surface area contributed by atoms with Crippen molar-refractivity contribution in [3.8, 4) is 56.0 Å². The third kappa shape index (κ3) is 6.44. The first-order chi connectivity index (χ1) is 42.0. The number of ether oxygens (including phenoxy) is 1. The highest BCUT2D eigenvalue weighted by Crippen LogP contribution is 2.65. The molecule has 85 heavy (non-hydrogen) atoms. The van der Waals surface area contributed by atoms with Crippen molar-refractivity contribution in [1.82, 2.24) is 0 Å². The molecule has 0 fully saturated rings. The minimum Gasteiger partial charge on any atom is -0.456 e. The van der Waals surface area contributed by atoms with E-state index in [0.717, 1.165) is 61.7 Å². The summed E-state index contributed by atoms with van der Waals surface area (Å²) in [5, 5.41) is 2.17. The number of hydrogen-bond donors (Lipinski definition) is 0. The molecule has 398 valence electrons. The Hall–Kier alpha value is -10.5. The maximum atomic E-state index is 16.2. The summed E-state index contributed by atoms with van der Waals surface area (Å²) < 4.78 is 23.2. The highest BCUT2D eigenvalue weighted by molar-refractivity contribution is 7.85. The van der Waals surface area contributed by atoms with Crippen LogP contribution in [0.1, 0.15) is 44.5 Å². The van der Waals surface area contributed by atoms with Gasteiger partial charge < -0.3 is 19.1 Å². The monoisotopic (exact) mass is 1100 g/mol. The second kappa shape index (κ2) is 18.0. The van der Waals surface area contributed by atoms with Crippen LogP contribution in [0.3, 0.4) is 0 Å². The van der Waals surface area contributed by atoms with Crippen molar-refractivity contribution in [2.75, 3.05) is 9.80 Å². The Morgan fingerprint density at radius 2 is 0.553 bits per heavy atom. The molecule has 5 aliphatic rings. The molecule has 0 unspecified atom stereocenters. The van der Waals surface area contributed by atoms with Crippen LogP contribution in [0.2, 0.25) is 0 Å². The maximum Gasteiger partial charge on any atom is 0.178 e. The summed E-state index contributed by atoms with van der Waals surface area (Å²) in [7, 11) is -3.39. The fourth-order valence-electron chi connectivity index (χ4n) is 15.5. The molecule has 0 N–H and O–H groups in total. The van der Waals surface area contributed by atoms with Gasteiger partial charge in [-0.3, -0.25) is 0 Å². The van der Waals surface area contributed by atoms with Crippen LogP contribution in [0, 0.1) is 0 Å². The summed E-state index contributed by atoms with van der Waals surface area (Å²) >= 11 is 0. The van der Waals surface area contributed by atoms with E-state index in [1.54, 1.807) is 0 Å². The number of nitrogens with zero attached hydrogens (tertiary/aromatic N) is 2. The highest BCUT2D eigenvalue weighted by Gasteiger charge is 2.53. The lowest BCUT2D eigenvalue weighted by Crippen LogP contribution is -2.36. The van der Waals surface area contributed by atoms with Crippen molar-refractivity contribution < 1.29 is 9.30 Å². The molecular weight excluding hydrogens is 1050 g/mol. The standard InChI is InChI=1S/C80H51N2O2P/c83-85(58-20-2-1-3-21-58)77-48-42-54(52-38-44-56(45-39-52)81-71-34-16-12-30-67(71)79(68-31-13-17-35-72(68)81)63-26-8-4-22-59(63)60-23-5-9-27-64(60)79)50-75(77)84-76-51-55(43-49-78(76)85)53-40-46-57(47-41-53)82-73-36-18-14-32-69(73)80(70-33-15-19-37-74(70)82)65-28-10-6-24-61(65)62-25-7-11-29-66(62)80/h1-51H. The Balaban J connectivity index is 0.698. The Morgan fingerprint density at radius 1 is 0.271 bits per heavy atom. The molecule has 0 amide bonds. The number of anilines is 6. The molecule has 4 nitrogen and oxygen atoms in total. The molecule has 5 heteroatoms. The SMILES string of the molecule is O=P1(c2ccccc2)c2ccc(-c3ccc(N4c5ccccc5C5(c6ccccc6-c6ccccc65)c5ccccc54)cc3)cc2Oc2cc(-c3ccc(N4c5ccccc5C5(c6ccccc6-c6ccccc65)c5ccccc54)cc3)ccc21. The number of rotatable bonds is 5. The third-order valence-corrected chi connectivity index (χ3v) is 22.1. The second-order valence-corrected chi connectivity index (χ2v) is 25.6. The van der Waals surface area contributed by atoms with E-state index in [2.05, 4.69) is 277 Å². The molecule has 13 aromatic carbocycles. The van der Waals surface area contributed by atoms with Gasteiger partial charge in [-0.25, -0.2) is 0 Å². The van der Waals surface area contributed by atoms with Crippen LogP contribution in [-0.4, -0.2) is 0 Å². The molecule has 0 bridgehead atoms. The fraction of sp³-hybridized carbons (Fsp3) is 0.0250. The lowest BCUT2D eigenvalue weighted by atomic mass is 9.64. The zero-order valence-corrected chi connectivity index (χ0v) is 47.0. The van der Waals surface area contributed by atoms with Gasteiger partial charge in [0.15, 0.2) is 7.14 Å². The molecule has 0 saturated carbocycles. The van der Waals surface area contributed by atoms with Gasteiger partial charge in [-0.1, -0.05) is 237 Å². The quantitative estimate of drug-likeness (QED) is 0.161. The first-order valence-electron chi connectivity index (χ1n) is 29.3. The molecule has 0 radical (unpaired) electrons. The predicted molar refractivity (Wildman–Crippen MR) is 348 cm³/mol. The van der Waals surface area contributed by atoms with E-state index in [0.29, 0.717) is 22.1 Å². The summed E-state index contributed by atoms with van der Waals surface area (Å²) in [4.78, 5) is 4.85. The third-order valence-electron chi connectivity index (χ3n) is 19.0. The van der Waals surface area contributed by atoms with Crippen molar-refractivity contribution in [1.29, 1.82) is 0 Å². The van der Waals surface area contributed by atoms with E-state index in [1.165, 1.54) is 66.8 Å². The Kier molecular flexibility index (Phi) is 10.2. The molecule has 3 heterocycles. The van der Waals surface area contributed by atoms with Gasteiger partial charge in [0.05, 0.1) is 44.2 Å². The lowest BCUT2D eigenvalue weighted by Gasteiger charge is -2.45. The van der Waals surface area contributed by atoms with Gasteiger partial charge in [-0.15, -0.1) is 0 Å². The van der Waals surface area contributed by atoms with Crippen molar-refractivity contribution >= 4 is 57.2 Å². The molecule has 2 aliphatic carbocycles. The fourth-order valence-corrected chi connectivity index (χ4v) is 18.3. The van der Waals surface area contributed by atoms with Gasteiger partial charge in [0.25, 0.3) is 0 Å². The van der Waals surface area contributed by atoms with Crippen LogP contribution in [-0.2, 0) is 15.4 Å². The van der Waals surface area contributed by atoms with E-state index in [9.17, 15) is 0 Å². The van der Waals surface area contributed by atoms with E-state index >= 15 is 4.57 Å². The van der Waals surface area contributed by atoms with Gasteiger partial charge in [0.1, 0.15) is 11.5 Å². The first kappa shape index (κ1) is 48.1. The largest absolute Gasteiger partial charge is 0.456 e. The molecule has 13 aromatic rings. The molecule has 3 aliphatic heterocycles. The van der Waals surface area contributed by atoms with Gasteiger partial charge in [0, 0.05) is 16.7 Å². The second-order valence-electron chi connectivity index (χ2n) is 22.9. The minimum absolute atomic E-state index is 0.472. The van der Waals surface area contributed by atoms with Crippen LogP contribution in [0.15, 0.2) is 309 Å². The summed E-state index contributed by atoms with van der Waals surface area (Å²) in [6.07, 6.45) is 0. The molecule has 0 saturated heterocycles. The van der Waals surface area contributed by atoms with Gasteiger partial charge >= 0.3 is 0 Å². The van der Waals surface area contributed by atoms with E-state index in [-0.39, 0.29) is 0 Å². The van der Waals surface area contributed by atoms with Gasteiger partial charge in [0.2, 0.25) is 0 Å². The molecule has 0 aromatic heterocycles. The van der Waals surface area contributed by atoms with Gasteiger partial charge in [-0.2, -0.15) is 0 Å². The smallest absolute Gasteiger partial charge is 0.178 e. The van der Waals surface area contributed by atoms with Crippen LogP contribution in [0.5, 0.6) is 11.5 Å². The number of benzene rings is 13. The summed E-state index contributed by atoms with van der Waals surface area (Å²) in [5.74, 6) is 1.20. The van der Waals surface area contributed by atoms with Crippen molar-refractivity contribution in [2.45, 2.75) is 10.8 Å². The van der Waals surface area contributed by atoms with Crippen LogP contribution < -0.4 is 30.5 Å². The van der Waals surface area contributed by atoms with Crippen LogP contribution in [0.25, 0.3) is 44.5 Å². The lowest BCUT2D eigenvalue weighted by molar-refractivity contribution is 0.486. The first-order valence-corrected chi connectivity index (χ1v) is 31.0. The minimum atomic E-state index is -3.39. The van der Waals surface area contributed by atoms with E-state index < -0.39 is 18.0 Å². The topological polar surface area (TPSA) is 32.8 Å². The van der Waals surface area contributed by atoms with E-state index in [4.69, 9.17) is 4.74 Å². The maximum absolute atomic E-state index is 16.2. The highest BCUT2D eigenvalue weighted by atomic mass is 31.2. The average Bonchev–Trinajstić information content (AvgIpc) is 1.63. The zero-order valence-electron chi connectivity index (χ0n) is 46.1. The van der Waals surface area contributed by atoms with Crippen molar-refractivity contribution in [2.24, 2.45) is 0 Å². The molecular formula is C80H51N2O2P. The zero-order chi connectivity index (χ0) is 56.0. The summed E-state index contributed by atoms with van der Waals surface area (Å²) in [6, 6.07) is 112. The molecule has 18 rings (SSSR count). The Bertz CT molecular complexity index is 4510. The molecule has 2 spiro atoms. The summed E-state index contributed by atoms with van der Waals surface area (Å²) in [5.41, 5.74) is 25.3. The molecule has 0 atom stereocenters. The van der Waals surface area contributed by atoms with Crippen molar-refractivity contribution in [3.05, 3.63) is 354 Å². The number of fused-ring (bicyclic) bond motifs is 20. The average molecular weight is 1100 g/mol. The van der Waals surface area contributed by atoms with Crippen LogP contribution >= 0.6 is 7.14 Å². The Labute approximate surface area is 494 Å². The number of para-hydroxylation sites is 4. The predicted octanol–water partition coefficient (Wildman–Crippen LogP) is 19.1. The summed E-state index contributed by atoms with van der Waals surface area (Å²) in [6.45, 7) is 0. The normalized spacial score (nSPS) is 15.0. The van der Waals surface area contributed by atoms with Gasteiger partial charge in [-0.05, 0) is 162 Å². The Morgan fingerprint density at radius 3 is 0.894 bits per heavy atom. The van der Waals surface area contributed by atoms with Crippen molar-refractivity contribution in [3.63, 3.8) is 0 Å². The number of hydrogen-bond acceptors (Lipinski definition) is 4. The van der Waals surface area contributed by atoms with Crippen LogP contribution in [0.4, 0.5) is 34.1 Å². The van der Waals surface area contributed by atoms with E-state index in [1.807, 2.05) is 42.5 Å².